The minimum absolute atomic E-state index is 0.649. The third-order valence-electron chi connectivity index (χ3n) is 3.44. The number of hydrogen-bond acceptors (Lipinski definition) is 3. The van der Waals surface area contributed by atoms with Crippen molar-refractivity contribution in [2.45, 2.75) is 0 Å². The largest absolute Gasteiger partial charge is 0.496 e. The molecule has 3 rings (SSSR count). The van der Waals surface area contributed by atoms with Crippen molar-refractivity contribution in [3.63, 3.8) is 0 Å². The summed E-state index contributed by atoms with van der Waals surface area (Å²) >= 11 is 7.67. The van der Waals surface area contributed by atoms with Gasteiger partial charge in [-0.15, -0.1) is 0 Å². The maximum atomic E-state index is 8.91. The molecular weight excluding hydrogens is 314 g/mol. The van der Waals surface area contributed by atoms with Crippen LogP contribution in [0.5, 0.6) is 5.75 Å². The fraction of sp³-hybridized carbons (Fsp3) is 0.0556. The van der Waals surface area contributed by atoms with Crippen LogP contribution >= 0.6 is 22.9 Å². The number of nitriles is 1. The van der Waals surface area contributed by atoms with E-state index < -0.39 is 0 Å². The monoisotopic (exact) mass is 325 g/mol. The molecule has 0 spiro atoms. The molecule has 0 aliphatic heterocycles. The lowest BCUT2D eigenvalue weighted by Crippen LogP contribution is -1.88. The number of halogens is 1. The fourth-order valence-corrected chi connectivity index (χ4v) is 3.36. The minimum Gasteiger partial charge on any atom is -0.496 e. The Balaban J connectivity index is 2.11. The number of thiophene rings is 1. The Morgan fingerprint density at radius 1 is 1.00 bits per heavy atom. The summed E-state index contributed by atoms with van der Waals surface area (Å²) < 4.78 is 5.45. The van der Waals surface area contributed by atoms with E-state index in [1.54, 1.807) is 18.4 Å². The molecule has 0 N–H and O–H groups in total. The molecule has 4 heteroatoms. The molecule has 0 bridgehead atoms. The summed E-state index contributed by atoms with van der Waals surface area (Å²) in [4.78, 5) is 0. The molecular formula is C18H12ClNOS. The summed E-state index contributed by atoms with van der Waals surface area (Å²) in [5, 5.41) is 13.8. The van der Waals surface area contributed by atoms with E-state index in [4.69, 9.17) is 21.6 Å². The highest BCUT2D eigenvalue weighted by Gasteiger charge is 2.13. The second kappa shape index (κ2) is 6.23. The van der Waals surface area contributed by atoms with Gasteiger partial charge < -0.3 is 4.74 Å². The van der Waals surface area contributed by atoms with Crippen LogP contribution in [0.15, 0.2) is 53.2 Å². The molecule has 0 radical (unpaired) electrons. The molecule has 2 nitrogen and oxygen atoms in total. The van der Waals surface area contributed by atoms with Crippen LogP contribution in [-0.2, 0) is 0 Å². The van der Waals surface area contributed by atoms with Gasteiger partial charge in [0.15, 0.2) is 0 Å². The molecule has 1 aromatic heterocycles. The van der Waals surface area contributed by atoms with Gasteiger partial charge in [0.05, 0.1) is 18.7 Å². The summed E-state index contributed by atoms with van der Waals surface area (Å²) in [6, 6.07) is 15.4. The zero-order valence-electron chi connectivity index (χ0n) is 11.8. The third-order valence-corrected chi connectivity index (χ3v) is 4.42. The molecule has 0 atom stereocenters. The van der Waals surface area contributed by atoms with Gasteiger partial charge in [0, 0.05) is 21.7 Å². The van der Waals surface area contributed by atoms with E-state index in [9.17, 15) is 0 Å². The van der Waals surface area contributed by atoms with Crippen LogP contribution in [-0.4, -0.2) is 7.11 Å². The van der Waals surface area contributed by atoms with E-state index in [2.05, 4.69) is 16.8 Å². The van der Waals surface area contributed by atoms with E-state index in [0.717, 1.165) is 28.0 Å². The van der Waals surface area contributed by atoms with Crippen LogP contribution in [0, 0.1) is 11.3 Å². The average molecular weight is 326 g/mol. The zero-order valence-corrected chi connectivity index (χ0v) is 13.4. The van der Waals surface area contributed by atoms with Crippen molar-refractivity contribution in [2.75, 3.05) is 7.11 Å². The highest BCUT2D eigenvalue weighted by molar-refractivity contribution is 7.08. The average Bonchev–Trinajstić information content (AvgIpc) is 3.04. The SMILES string of the molecule is COc1cc(Cl)ccc1-c1cscc1-c1ccc(C#N)cc1. The number of rotatable bonds is 3. The molecule has 2 aromatic carbocycles. The standard InChI is InChI=1S/C18H12ClNOS/c1-21-18-8-14(19)6-7-15(18)17-11-22-10-16(17)13-4-2-12(9-20)3-5-13/h2-8,10-11H,1H3. The Bertz CT molecular complexity index is 846. The molecule has 0 unspecified atom stereocenters. The van der Waals surface area contributed by atoms with Gasteiger partial charge in [0.1, 0.15) is 5.75 Å². The first-order valence-electron chi connectivity index (χ1n) is 6.63. The quantitative estimate of drug-likeness (QED) is 0.626. The van der Waals surface area contributed by atoms with Gasteiger partial charge in [-0.25, -0.2) is 0 Å². The molecule has 0 saturated carbocycles. The number of benzene rings is 2. The maximum Gasteiger partial charge on any atom is 0.128 e. The van der Waals surface area contributed by atoms with Crippen molar-refractivity contribution in [2.24, 2.45) is 0 Å². The van der Waals surface area contributed by atoms with Gasteiger partial charge in [-0.2, -0.15) is 16.6 Å². The summed E-state index contributed by atoms with van der Waals surface area (Å²) in [6.07, 6.45) is 0. The van der Waals surface area contributed by atoms with Crippen LogP contribution in [0.4, 0.5) is 0 Å². The lowest BCUT2D eigenvalue weighted by Gasteiger charge is -2.10. The number of nitrogens with zero attached hydrogens (tertiary/aromatic N) is 1. The summed E-state index contributed by atoms with van der Waals surface area (Å²) in [5.74, 6) is 0.751. The van der Waals surface area contributed by atoms with Crippen LogP contribution in [0.2, 0.25) is 5.02 Å². The lowest BCUT2D eigenvalue weighted by molar-refractivity contribution is 0.416. The highest BCUT2D eigenvalue weighted by atomic mass is 35.5. The van der Waals surface area contributed by atoms with Crippen LogP contribution < -0.4 is 4.74 Å². The van der Waals surface area contributed by atoms with E-state index in [1.165, 1.54) is 0 Å². The van der Waals surface area contributed by atoms with Gasteiger partial charge >= 0.3 is 0 Å². The van der Waals surface area contributed by atoms with Crippen molar-refractivity contribution in [3.8, 4) is 34.1 Å². The normalized spacial score (nSPS) is 10.2. The molecule has 108 valence electrons. The highest BCUT2D eigenvalue weighted by Crippen LogP contribution is 2.40. The Hall–Kier alpha value is -2.28. The van der Waals surface area contributed by atoms with Gasteiger partial charge in [-0.3, -0.25) is 0 Å². The Labute approximate surface area is 138 Å². The summed E-state index contributed by atoms with van der Waals surface area (Å²) in [6.45, 7) is 0. The predicted octanol–water partition coefficient (Wildman–Crippen LogP) is 5.62. The maximum absolute atomic E-state index is 8.91. The Morgan fingerprint density at radius 2 is 1.73 bits per heavy atom. The molecule has 3 aromatic rings. The topological polar surface area (TPSA) is 33.0 Å². The zero-order chi connectivity index (χ0) is 15.5. The summed E-state index contributed by atoms with van der Waals surface area (Å²) in [7, 11) is 1.64. The molecule has 0 aliphatic rings. The molecule has 0 amide bonds. The number of hydrogen-bond donors (Lipinski definition) is 0. The molecule has 22 heavy (non-hydrogen) atoms. The lowest BCUT2D eigenvalue weighted by atomic mass is 9.98. The minimum atomic E-state index is 0.649. The fourth-order valence-electron chi connectivity index (χ4n) is 2.34. The first kappa shape index (κ1) is 14.6. The third kappa shape index (κ3) is 2.71. The van der Waals surface area contributed by atoms with Crippen LogP contribution in [0.3, 0.4) is 0 Å². The van der Waals surface area contributed by atoms with Gasteiger partial charge in [0.2, 0.25) is 0 Å². The first-order chi connectivity index (χ1) is 10.7. The summed E-state index contributed by atoms with van der Waals surface area (Å²) in [5.41, 5.74) is 4.96. The van der Waals surface area contributed by atoms with E-state index in [-0.39, 0.29) is 0 Å². The smallest absolute Gasteiger partial charge is 0.128 e. The van der Waals surface area contributed by atoms with Crippen molar-refractivity contribution in [3.05, 3.63) is 63.8 Å². The van der Waals surface area contributed by atoms with Crippen molar-refractivity contribution < 1.29 is 4.74 Å². The van der Waals surface area contributed by atoms with Crippen molar-refractivity contribution >= 4 is 22.9 Å². The first-order valence-corrected chi connectivity index (χ1v) is 7.95. The van der Waals surface area contributed by atoms with E-state index in [1.807, 2.05) is 42.5 Å². The van der Waals surface area contributed by atoms with Crippen molar-refractivity contribution in [1.82, 2.24) is 0 Å². The molecule has 0 saturated heterocycles. The van der Waals surface area contributed by atoms with E-state index >= 15 is 0 Å². The van der Waals surface area contributed by atoms with Gasteiger partial charge in [0.25, 0.3) is 0 Å². The number of methoxy groups -OCH3 is 1. The Kier molecular flexibility index (Phi) is 4.15. The van der Waals surface area contributed by atoms with Gasteiger partial charge in [-0.05, 0) is 46.7 Å². The molecule has 0 aliphatic carbocycles. The van der Waals surface area contributed by atoms with Crippen molar-refractivity contribution in [1.29, 1.82) is 5.26 Å². The second-order valence-electron chi connectivity index (χ2n) is 4.73. The predicted molar refractivity (Wildman–Crippen MR) is 91.5 cm³/mol. The van der Waals surface area contributed by atoms with Crippen LogP contribution in [0.25, 0.3) is 22.3 Å². The molecule has 1 heterocycles. The molecule has 0 fully saturated rings. The number of ether oxygens (including phenoxy) is 1. The van der Waals surface area contributed by atoms with Crippen LogP contribution in [0.1, 0.15) is 5.56 Å². The van der Waals surface area contributed by atoms with Gasteiger partial charge in [-0.1, -0.05) is 23.7 Å². The second-order valence-corrected chi connectivity index (χ2v) is 5.91. The van der Waals surface area contributed by atoms with E-state index in [0.29, 0.717) is 10.6 Å². The Morgan fingerprint density at radius 3 is 2.41 bits per heavy atom.